The lowest BCUT2D eigenvalue weighted by molar-refractivity contribution is 0.0204. The Balaban J connectivity index is 1.84. The molecule has 3 nitrogen and oxygen atoms in total. The molecule has 0 aromatic heterocycles. The fourth-order valence-corrected chi connectivity index (χ4v) is 3.48. The molecule has 4 heteroatoms. The summed E-state index contributed by atoms with van der Waals surface area (Å²) in [5, 5.41) is 1.10. The SMILES string of the molecule is CC(C)(C)OC(=O)N1CCC2(CC(CBr)C2)C1. The molecule has 1 aliphatic carbocycles. The van der Waals surface area contributed by atoms with E-state index in [1.807, 2.05) is 25.7 Å². The van der Waals surface area contributed by atoms with Crippen molar-refractivity contribution in [2.24, 2.45) is 11.3 Å². The van der Waals surface area contributed by atoms with Crippen LogP contribution in [0, 0.1) is 11.3 Å². The smallest absolute Gasteiger partial charge is 0.410 e. The summed E-state index contributed by atoms with van der Waals surface area (Å²) in [7, 11) is 0. The number of likely N-dealkylation sites (tertiary alicyclic amines) is 1. The largest absolute Gasteiger partial charge is 0.444 e. The van der Waals surface area contributed by atoms with Gasteiger partial charge in [0.1, 0.15) is 5.60 Å². The lowest BCUT2D eigenvalue weighted by Crippen LogP contribution is -2.42. The van der Waals surface area contributed by atoms with Crippen LogP contribution in [0.4, 0.5) is 4.79 Å². The Labute approximate surface area is 112 Å². The maximum Gasteiger partial charge on any atom is 0.410 e. The molecule has 2 aliphatic rings. The lowest BCUT2D eigenvalue weighted by Gasteiger charge is -2.44. The van der Waals surface area contributed by atoms with E-state index in [1.54, 1.807) is 0 Å². The fraction of sp³-hybridized carbons (Fsp3) is 0.923. The highest BCUT2D eigenvalue weighted by Crippen LogP contribution is 2.52. The van der Waals surface area contributed by atoms with Gasteiger partial charge >= 0.3 is 6.09 Å². The number of alkyl halides is 1. The molecule has 0 aromatic rings. The Morgan fingerprint density at radius 3 is 2.65 bits per heavy atom. The fourth-order valence-electron chi connectivity index (χ4n) is 3.02. The summed E-state index contributed by atoms with van der Waals surface area (Å²) in [6.07, 6.45) is 3.53. The average Bonchev–Trinajstić information content (AvgIpc) is 2.56. The van der Waals surface area contributed by atoms with Crippen LogP contribution in [0.5, 0.6) is 0 Å². The minimum atomic E-state index is -0.384. The summed E-state index contributed by atoms with van der Waals surface area (Å²) in [6.45, 7) is 7.51. The molecule has 1 heterocycles. The van der Waals surface area contributed by atoms with Gasteiger partial charge in [-0.1, -0.05) is 15.9 Å². The van der Waals surface area contributed by atoms with Crippen LogP contribution in [0.2, 0.25) is 0 Å². The van der Waals surface area contributed by atoms with Gasteiger partial charge in [0, 0.05) is 18.4 Å². The first-order valence-electron chi connectivity index (χ1n) is 6.37. The van der Waals surface area contributed by atoms with Crippen molar-refractivity contribution < 1.29 is 9.53 Å². The van der Waals surface area contributed by atoms with Gasteiger partial charge in [0.15, 0.2) is 0 Å². The molecule has 0 N–H and O–H groups in total. The number of rotatable bonds is 1. The number of hydrogen-bond donors (Lipinski definition) is 0. The number of halogens is 1. The molecule has 0 bridgehead atoms. The first-order valence-corrected chi connectivity index (χ1v) is 7.50. The molecule has 0 atom stereocenters. The molecule has 2 fully saturated rings. The molecule has 1 saturated heterocycles. The number of nitrogens with zero attached hydrogens (tertiary/aromatic N) is 1. The highest BCUT2D eigenvalue weighted by molar-refractivity contribution is 9.09. The molecular weight excluding hydrogens is 282 g/mol. The van der Waals surface area contributed by atoms with Crippen LogP contribution in [-0.4, -0.2) is 35.0 Å². The van der Waals surface area contributed by atoms with E-state index in [1.165, 1.54) is 12.8 Å². The number of hydrogen-bond acceptors (Lipinski definition) is 2. The molecule has 1 spiro atoms. The van der Waals surface area contributed by atoms with Gasteiger partial charge in [0.2, 0.25) is 0 Å². The summed E-state index contributed by atoms with van der Waals surface area (Å²) in [4.78, 5) is 13.8. The van der Waals surface area contributed by atoms with E-state index in [9.17, 15) is 4.79 Å². The van der Waals surface area contributed by atoms with E-state index in [4.69, 9.17) is 4.74 Å². The standard InChI is InChI=1S/C13H22BrNO2/c1-12(2,3)17-11(16)15-5-4-13(9-15)6-10(7-13)8-14/h10H,4-9H2,1-3H3. The van der Waals surface area contributed by atoms with Crippen molar-refractivity contribution in [3.63, 3.8) is 0 Å². The van der Waals surface area contributed by atoms with Crippen LogP contribution in [-0.2, 0) is 4.74 Å². The Morgan fingerprint density at radius 1 is 1.47 bits per heavy atom. The number of amides is 1. The van der Waals surface area contributed by atoms with Crippen LogP contribution < -0.4 is 0 Å². The minimum Gasteiger partial charge on any atom is -0.444 e. The average molecular weight is 304 g/mol. The van der Waals surface area contributed by atoms with E-state index in [-0.39, 0.29) is 11.7 Å². The van der Waals surface area contributed by atoms with Crippen LogP contribution in [0.3, 0.4) is 0 Å². The molecule has 1 saturated carbocycles. The minimum absolute atomic E-state index is 0.142. The van der Waals surface area contributed by atoms with Crippen LogP contribution in [0.15, 0.2) is 0 Å². The van der Waals surface area contributed by atoms with Crippen molar-refractivity contribution >= 4 is 22.0 Å². The van der Waals surface area contributed by atoms with Crippen molar-refractivity contribution in [3.8, 4) is 0 Å². The molecule has 17 heavy (non-hydrogen) atoms. The molecule has 0 unspecified atom stereocenters. The van der Waals surface area contributed by atoms with Gasteiger partial charge in [-0.05, 0) is 51.4 Å². The third-order valence-corrected chi connectivity index (χ3v) is 4.67. The van der Waals surface area contributed by atoms with Gasteiger partial charge in [0.25, 0.3) is 0 Å². The molecule has 0 radical (unpaired) electrons. The van der Waals surface area contributed by atoms with Crippen molar-refractivity contribution in [1.82, 2.24) is 4.90 Å². The quantitative estimate of drug-likeness (QED) is 0.695. The van der Waals surface area contributed by atoms with Gasteiger partial charge < -0.3 is 9.64 Å². The van der Waals surface area contributed by atoms with Crippen molar-refractivity contribution in [2.75, 3.05) is 18.4 Å². The second kappa shape index (κ2) is 4.45. The van der Waals surface area contributed by atoms with Crippen molar-refractivity contribution in [2.45, 2.75) is 45.6 Å². The zero-order valence-corrected chi connectivity index (χ0v) is 12.5. The summed E-state index contributed by atoms with van der Waals surface area (Å²) in [6, 6.07) is 0. The van der Waals surface area contributed by atoms with Gasteiger partial charge in [-0.25, -0.2) is 4.79 Å². The van der Waals surface area contributed by atoms with Gasteiger partial charge in [-0.3, -0.25) is 0 Å². The van der Waals surface area contributed by atoms with Crippen molar-refractivity contribution in [1.29, 1.82) is 0 Å². The third-order valence-electron chi connectivity index (χ3n) is 3.75. The Hall–Kier alpha value is -0.250. The molecule has 2 rings (SSSR count). The van der Waals surface area contributed by atoms with Crippen LogP contribution in [0.25, 0.3) is 0 Å². The Kier molecular flexibility index (Phi) is 3.45. The van der Waals surface area contributed by atoms with Gasteiger partial charge in [-0.2, -0.15) is 0 Å². The number of carbonyl (C=O) groups excluding carboxylic acids is 1. The highest BCUT2D eigenvalue weighted by Gasteiger charge is 2.49. The highest BCUT2D eigenvalue weighted by atomic mass is 79.9. The Bertz CT molecular complexity index is 305. The predicted molar refractivity (Wildman–Crippen MR) is 71.4 cm³/mol. The monoisotopic (exact) mass is 303 g/mol. The lowest BCUT2D eigenvalue weighted by atomic mass is 9.62. The molecule has 1 amide bonds. The van der Waals surface area contributed by atoms with Crippen LogP contribution >= 0.6 is 15.9 Å². The van der Waals surface area contributed by atoms with E-state index < -0.39 is 0 Å². The second-order valence-electron chi connectivity index (χ2n) is 6.58. The summed E-state index contributed by atoms with van der Waals surface area (Å²) >= 11 is 3.54. The summed E-state index contributed by atoms with van der Waals surface area (Å²) in [5.41, 5.74) is 0.0280. The summed E-state index contributed by atoms with van der Waals surface area (Å²) < 4.78 is 5.41. The zero-order chi connectivity index (χ0) is 12.7. The first-order chi connectivity index (χ1) is 7.84. The summed E-state index contributed by atoms with van der Waals surface area (Å²) in [5.74, 6) is 0.814. The van der Waals surface area contributed by atoms with Crippen molar-refractivity contribution in [3.05, 3.63) is 0 Å². The van der Waals surface area contributed by atoms with E-state index in [0.29, 0.717) is 5.41 Å². The molecular formula is C13H22BrNO2. The maximum absolute atomic E-state index is 11.9. The predicted octanol–water partition coefficient (Wildman–Crippen LogP) is 3.42. The van der Waals surface area contributed by atoms with Crippen LogP contribution in [0.1, 0.15) is 40.0 Å². The second-order valence-corrected chi connectivity index (χ2v) is 7.23. The van der Waals surface area contributed by atoms with E-state index >= 15 is 0 Å². The Morgan fingerprint density at radius 2 is 2.12 bits per heavy atom. The topological polar surface area (TPSA) is 29.5 Å². The third kappa shape index (κ3) is 2.95. The molecule has 1 aliphatic heterocycles. The van der Waals surface area contributed by atoms with Gasteiger partial charge in [0.05, 0.1) is 0 Å². The van der Waals surface area contributed by atoms with E-state index in [0.717, 1.165) is 30.8 Å². The normalized spacial score (nSPS) is 32.7. The number of carbonyl (C=O) groups is 1. The zero-order valence-electron chi connectivity index (χ0n) is 11.0. The molecule has 0 aromatic carbocycles. The maximum atomic E-state index is 11.9. The van der Waals surface area contributed by atoms with E-state index in [2.05, 4.69) is 15.9 Å². The van der Waals surface area contributed by atoms with Gasteiger partial charge in [-0.15, -0.1) is 0 Å². The molecule has 98 valence electrons. The number of ether oxygens (including phenoxy) is 1. The first kappa shape index (κ1) is 13.2.